The zero-order valence-electron chi connectivity index (χ0n) is 20.9. The van der Waals surface area contributed by atoms with E-state index in [1.54, 1.807) is 6.20 Å². The summed E-state index contributed by atoms with van der Waals surface area (Å²) in [5, 5.41) is 0.949. The topological polar surface area (TPSA) is 49.1 Å². The van der Waals surface area contributed by atoms with Crippen LogP contribution in [0.5, 0.6) is 0 Å². The van der Waals surface area contributed by atoms with Crippen LogP contribution in [-0.4, -0.2) is 4.98 Å². The van der Waals surface area contributed by atoms with Gasteiger partial charge >= 0.3 is 6.18 Å². The van der Waals surface area contributed by atoms with E-state index >= 15 is 0 Å². The summed E-state index contributed by atoms with van der Waals surface area (Å²) in [6.45, 7) is 2.28. The molecule has 1 aromatic heterocycles. The molecule has 1 fully saturated rings. The van der Waals surface area contributed by atoms with Crippen molar-refractivity contribution in [1.82, 2.24) is 4.98 Å². The number of hydrogen-bond acceptors (Lipinski definition) is 3. The highest BCUT2D eigenvalue weighted by Gasteiger charge is 2.30. The Morgan fingerprint density at radius 1 is 0.865 bits per heavy atom. The molecule has 0 radical (unpaired) electrons. The van der Waals surface area contributed by atoms with Crippen LogP contribution < -0.4 is 11.0 Å². The van der Waals surface area contributed by atoms with E-state index in [4.69, 9.17) is 4.94 Å². The highest BCUT2D eigenvalue weighted by molar-refractivity contribution is 5.95. The second kappa shape index (κ2) is 10.9. The van der Waals surface area contributed by atoms with Crippen molar-refractivity contribution in [3.05, 3.63) is 84.1 Å². The van der Waals surface area contributed by atoms with Gasteiger partial charge in [0, 0.05) is 17.1 Å². The fourth-order valence-corrected chi connectivity index (χ4v) is 5.39. The van der Waals surface area contributed by atoms with Gasteiger partial charge in [0.05, 0.1) is 16.9 Å². The van der Waals surface area contributed by atoms with E-state index in [1.165, 1.54) is 56.2 Å². The molecule has 0 spiro atoms. The third kappa shape index (κ3) is 5.93. The molecule has 0 amide bonds. The summed E-state index contributed by atoms with van der Waals surface area (Å²) in [5.74, 6) is 1.57. The Kier molecular flexibility index (Phi) is 7.42. The third-order valence-corrected chi connectivity index (χ3v) is 7.48. The minimum absolute atomic E-state index is 0.403. The summed E-state index contributed by atoms with van der Waals surface area (Å²) < 4.78 is 38.2. The average molecular weight is 508 g/mol. The van der Waals surface area contributed by atoms with Gasteiger partial charge in [-0.3, -0.25) is 0 Å². The van der Waals surface area contributed by atoms with Gasteiger partial charge in [-0.2, -0.15) is 18.1 Å². The monoisotopic (exact) mass is 507 g/mol. The van der Waals surface area contributed by atoms with Crippen molar-refractivity contribution in [1.29, 1.82) is 0 Å². The molecular weight excluding hydrogens is 475 g/mol. The number of anilines is 2. The van der Waals surface area contributed by atoms with Crippen LogP contribution in [0.4, 0.5) is 24.5 Å². The van der Waals surface area contributed by atoms with Gasteiger partial charge in [-0.1, -0.05) is 50.1 Å². The number of rotatable bonds is 8. The van der Waals surface area contributed by atoms with Gasteiger partial charge in [0.25, 0.3) is 0 Å². The Balaban J connectivity index is 1.23. The van der Waals surface area contributed by atoms with Crippen molar-refractivity contribution in [2.75, 3.05) is 11.0 Å². The predicted octanol–water partition coefficient (Wildman–Crippen LogP) is 9.30. The first-order valence-corrected chi connectivity index (χ1v) is 13.0. The van der Waals surface area contributed by atoms with Gasteiger partial charge in [-0.25, -0.2) is 11.0 Å². The minimum Gasteiger partial charge on any atom is -0.359 e. The third-order valence-electron chi connectivity index (χ3n) is 7.48. The minimum atomic E-state index is -4.37. The van der Waals surface area contributed by atoms with E-state index in [2.05, 4.69) is 59.3 Å². The molecule has 0 aliphatic heterocycles. The second-order valence-corrected chi connectivity index (χ2v) is 9.97. The SMILES string of the molecule is CCCC1CCC(c2ccc(-c3ccc4[nH]cc(NONc5ccc(C(F)(F)F)cc5)c4c3)cc2)CC1. The lowest BCUT2D eigenvalue weighted by Gasteiger charge is -2.28. The average Bonchev–Trinajstić information content (AvgIpc) is 3.31. The van der Waals surface area contributed by atoms with Crippen LogP contribution in [0.25, 0.3) is 22.0 Å². The molecule has 37 heavy (non-hydrogen) atoms. The molecule has 3 aromatic carbocycles. The number of nitrogens with one attached hydrogen (secondary N) is 3. The van der Waals surface area contributed by atoms with Crippen LogP contribution in [0.1, 0.15) is 62.5 Å². The van der Waals surface area contributed by atoms with Crippen molar-refractivity contribution in [2.45, 2.75) is 57.5 Å². The molecule has 1 heterocycles. The molecule has 3 N–H and O–H groups in total. The maximum absolute atomic E-state index is 12.7. The number of fused-ring (bicyclic) bond motifs is 1. The zero-order chi connectivity index (χ0) is 25.8. The van der Waals surface area contributed by atoms with Crippen LogP contribution in [0.3, 0.4) is 0 Å². The highest BCUT2D eigenvalue weighted by Crippen LogP contribution is 2.38. The van der Waals surface area contributed by atoms with E-state index in [0.717, 1.165) is 45.8 Å². The van der Waals surface area contributed by atoms with E-state index < -0.39 is 11.7 Å². The number of hydrogen-bond donors (Lipinski definition) is 3. The van der Waals surface area contributed by atoms with E-state index in [9.17, 15) is 13.2 Å². The molecule has 0 saturated heterocycles. The van der Waals surface area contributed by atoms with Crippen molar-refractivity contribution in [3.8, 4) is 11.1 Å². The fraction of sp³-hybridized carbons (Fsp3) is 0.333. The highest BCUT2D eigenvalue weighted by atomic mass is 19.4. The Bertz CT molecular complexity index is 1300. The maximum atomic E-state index is 12.7. The van der Waals surface area contributed by atoms with Crippen molar-refractivity contribution in [3.63, 3.8) is 0 Å². The lowest BCUT2D eigenvalue weighted by Crippen LogP contribution is -2.13. The first kappa shape index (κ1) is 25.2. The van der Waals surface area contributed by atoms with Crippen LogP contribution in [0.15, 0.2) is 72.9 Å². The number of aromatic amines is 1. The van der Waals surface area contributed by atoms with Crippen LogP contribution in [0.2, 0.25) is 0 Å². The Labute approximate surface area is 215 Å². The lowest BCUT2D eigenvalue weighted by molar-refractivity contribution is -0.137. The molecule has 5 rings (SSSR count). The number of benzene rings is 3. The van der Waals surface area contributed by atoms with Gasteiger partial charge < -0.3 is 4.98 Å². The van der Waals surface area contributed by atoms with Gasteiger partial charge in [0.15, 0.2) is 0 Å². The summed E-state index contributed by atoms with van der Waals surface area (Å²) >= 11 is 0. The predicted molar refractivity (Wildman–Crippen MR) is 143 cm³/mol. The van der Waals surface area contributed by atoms with Gasteiger partial charge in [0.2, 0.25) is 0 Å². The fourth-order valence-electron chi connectivity index (χ4n) is 5.39. The van der Waals surface area contributed by atoms with Crippen molar-refractivity contribution in [2.24, 2.45) is 5.92 Å². The molecule has 1 aliphatic carbocycles. The summed E-state index contributed by atoms with van der Waals surface area (Å²) in [4.78, 5) is 8.56. The van der Waals surface area contributed by atoms with Gasteiger partial charge in [0.1, 0.15) is 0 Å². The Hall–Kier alpha value is -3.45. The first-order valence-electron chi connectivity index (χ1n) is 13.0. The van der Waals surface area contributed by atoms with E-state index in [0.29, 0.717) is 11.6 Å². The molecule has 0 unspecified atom stereocenters. The van der Waals surface area contributed by atoms with Crippen molar-refractivity contribution < 1.29 is 18.1 Å². The summed E-state index contributed by atoms with van der Waals surface area (Å²) in [7, 11) is 0. The lowest BCUT2D eigenvalue weighted by atomic mass is 9.77. The van der Waals surface area contributed by atoms with E-state index in [-0.39, 0.29) is 0 Å². The van der Waals surface area contributed by atoms with Crippen LogP contribution in [0, 0.1) is 5.92 Å². The Morgan fingerprint density at radius 2 is 1.57 bits per heavy atom. The number of halogens is 3. The quantitative estimate of drug-likeness (QED) is 0.208. The zero-order valence-corrected chi connectivity index (χ0v) is 20.9. The number of H-pyrrole nitrogens is 1. The Morgan fingerprint density at radius 3 is 2.24 bits per heavy atom. The van der Waals surface area contributed by atoms with E-state index in [1.807, 2.05) is 6.07 Å². The second-order valence-electron chi connectivity index (χ2n) is 9.97. The van der Waals surface area contributed by atoms with Gasteiger partial charge in [-0.15, -0.1) is 0 Å². The van der Waals surface area contributed by atoms with Crippen LogP contribution >= 0.6 is 0 Å². The normalized spacial score (nSPS) is 18.2. The summed E-state index contributed by atoms with van der Waals surface area (Å²) in [6.07, 6.45) is 5.33. The molecule has 4 nitrogen and oxygen atoms in total. The number of alkyl halides is 3. The molecule has 1 aliphatic rings. The molecule has 0 atom stereocenters. The van der Waals surface area contributed by atoms with Gasteiger partial charge in [-0.05, 0) is 90.6 Å². The van der Waals surface area contributed by atoms with Crippen LogP contribution in [-0.2, 0) is 11.1 Å². The van der Waals surface area contributed by atoms with Crippen molar-refractivity contribution >= 4 is 22.3 Å². The molecule has 194 valence electrons. The molecule has 7 heteroatoms. The number of aromatic nitrogens is 1. The maximum Gasteiger partial charge on any atom is 0.416 e. The summed E-state index contributed by atoms with van der Waals surface area (Å²) in [5.41, 5.74) is 10.5. The smallest absolute Gasteiger partial charge is 0.359 e. The molecular formula is C30H32F3N3O. The molecule has 1 saturated carbocycles. The summed E-state index contributed by atoms with van der Waals surface area (Å²) in [6, 6.07) is 19.8. The first-order chi connectivity index (χ1) is 17.9. The standard InChI is InChI=1S/C30H32F3N3O/c1-2-3-20-4-6-21(7-5-20)22-8-10-23(11-9-22)24-12-17-28-27(18-24)29(19-34-28)36-37-35-26-15-13-25(14-16-26)30(31,32)33/h8-21,34-36H,2-7H2,1H3. The molecule has 0 bridgehead atoms. The largest absolute Gasteiger partial charge is 0.416 e. The molecule has 4 aromatic rings.